The number of pyridine rings is 1. The molecule has 5 rings (SSSR count). The highest BCUT2D eigenvalue weighted by Crippen LogP contribution is 2.43. The van der Waals surface area contributed by atoms with Crippen LogP contribution < -0.4 is 16.3 Å². The number of aliphatic imine (C=N–C) groups is 1. The Kier molecular flexibility index (Phi) is 8.45. The number of nitrogen functional groups attached to an aromatic ring is 1. The molecule has 1 fully saturated rings. The number of benzene rings is 1. The van der Waals surface area contributed by atoms with Gasteiger partial charge in [0.15, 0.2) is 11.6 Å². The first-order valence-corrected chi connectivity index (χ1v) is 14.6. The van der Waals surface area contributed by atoms with Crippen LogP contribution in [0.4, 0.5) is 24.7 Å². The second-order valence-corrected chi connectivity index (χ2v) is 11.8. The van der Waals surface area contributed by atoms with Crippen LogP contribution in [0.25, 0.3) is 22.3 Å². The normalized spacial score (nSPS) is 19.2. The number of nitrogens with zero attached hydrogens (tertiary/aromatic N) is 6. The van der Waals surface area contributed by atoms with Gasteiger partial charge in [0.1, 0.15) is 23.0 Å². The van der Waals surface area contributed by atoms with Crippen LogP contribution >= 0.6 is 23.2 Å². The van der Waals surface area contributed by atoms with E-state index in [4.69, 9.17) is 33.9 Å². The van der Waals surface area contributed by atoms with Crippen molar-refractivity contribution < 1.29 is 18.0 Å². The molecular formula is C29H30Cl2F3N7O2. The van der Waals surface area contributed by atoms with Crippen molar-refractivity contribution >= 4 is 57.4 Å². The first kappa shape index (κ1) is 30.8. The van der Waals surface area contributed by atoms with Gasteiger partial charge in [0.05, 0.1) is 27.2 Å². The Morgan fingerprint density at radius 1 is 1.12 bits per heavy atom. The largest absolute Gasteiger partial charge is 0.395 e. The molecule has 2 aromatic heterocycles. The number of nitrogens with two attached hydrogens (primary N) is 1. The average molecular weight is 637 g/mol. The zero-order chi connectivity index (χ0) is 31.3. The molecule has 43 heavy (non-hydrogen) atoms. The summed E-state index contributed by atoms with van der Waals surface area (Å²) in [6.07, 6.45) is 1.91. The van der Waals surface area contributed by atoms with Gasteiger partial charge in [-0.25, -0.2) is 22.9 Å². The van der Waals surface area contributed by atoms with Crippen molar-refractivity contribution in [3.05, 3.63) is 56.7 Å². The van der Waals surface area contributed by atoms with E-state index in [0.717, 1.165) is 11.8 Å². The number of halogens is 5. The number of aromatic nitrogens is 3. The van der Waals surface area contributed by atoms with Gasteiger partial charge >= 0.3 is 5.69 Å². The summed E-state index contributed by atoms with van der Waals surface area (Å²) >= 11 is 12.4. The van der Waals surface area contributed by atoms with Crippen LogP contribution in [0.5, 0.6) is 0 Å². The summed E-state index contributed by atoms with van der Waals surface area (Å²) in [7, 11) is 0. The second-order valence-electron chi connectivity index (χ2n) is 11.0. The molecule has 2 N–H and O–H groups in total. The topological polar surface area (TPSA) is 110 Å². The highest BCUT2D eigenvalue weighted by Gasteiger charge is 2.35. The smallest absolute Gasteiger partial charge is 0.351 e. The monoisotopic (exact) mass is 635 g/mol. The Morgan fingerprint density at radius 2 is 1.79 bits per heavy atom. The lowest BCUT2D eigenvalue weighted by Crippen LogP contribution is -2.49. The number of fused-ring (bicyclic) bond motifs is 1. The van der Waals surface area contributed by atoms with E-state index in [1.165, 1.54) is 10.6 Å². The number of anilines is 2. The summed E-state index contributed by atoms with van der Waals surface area (Å²) in [6, 6.07) is 0.570. The van der Waals surface area contributed by atoms with E-state index in [9.17, 15) is 18.4 Å². The van der Waals surface area contributed by atoms with E-state index in [1.54, 1.807) is 9.80 Å². The fourth-order valence-electron chi connectivity index (χ4n) is 5.77. The van der Waals surface area contributed by atoms with Gasteiger partial charge in [-0.05, 0) is 30.4 Å². The summed E-state index contributed by atoms with van der Waals surface area (Å²) < 4.78 is 46.4. The molecular weight excluding hydrogens is 606 g/mol. The predicted octanol–water partition coefficient (Wildman–Crippen LogP) is 5.28. The van der Waals surface area contributed by atoms with Crippen molar-refractivity contribution in [1.82, 2.24) is 19.4 Å². The first-order chi connectivity index (χ1) is 20.4. The average Bonchev–Trinajstić information content (AvgIpc) is 2.99. The summed E-state index contributed by atoms with van der Waals surface area (Å²) in [4.78, 5) is 43.1. The Bertz CT molecular complexity index is 1710. The number of hydrogen-bond acceptors (Lipinski definition) is 7. The van der Waals surface area contributed by atoms with Crippen LogP contribution in [0.1, 0.15) is 33.2 Å². The van der Waals surface area contributed by atoms with Gasteiger partial charge in [-0.2, -0.15) is 4.98 Å². The lowest BCUT2D eigenvalue weighted by Gasteiger charge is -2.36. The molecule has 0 bridgehead atoms. The molecule has 0 radical (unpaired) electrons. The zero-order valence-corrected chi connectivity index (χ0v) is 25.3. The minimum atomic E-state index is -1.50. The highest BCUT2D eigenvalue weighted by molar-refractivity contribution is 6.41. The maximum atomic E-state index is 16.0. The molecule has 14 heteroatoms. The lowest BCUT2D eigenvalue weighted by atomic mass is 9.86. The molecule has 1 saturated heterocycles. The van der Waals surface area contributed by atoms with E-state index in [-0.39, 0.29) is 34.6 Å². The standard InChI is InChI=1S/C29H30Cl2F3N7O2/c1-5-17(42)39-8-10-40(11-9-39)27-15-12-16(32)25(18-19(30)21(33)22(34)23(35)20(18)31)37-28(15)41(29(43)38-27)26-14(4)6-7-36-24(26)13(2)3/h5,12-14,26H,1,6-11,35H2,2-4H3/t14-,26?/m1/s1. The molecule has 0 saturated carbocycles. The molecule has 0 spiro atoms. The SMILES string of the molecule is C=CC(=O)N1CCN(c2nc(=O)n(C3C(C(C)C)=NCC[C@H]3C)c3nc(-c4c(Cl)c(N)c(F)c(F)c4Cl)c(F)cc23)CC1. The maximum absolute atomic E-state index is 16.0. The van der Waals surface area contributed by atoms with Gasteiger partial charge < -0.3 is 15.5 Å². The molecule has 0 aliphatic carbocycles. The first-order valence-electron chi connectivity index (χ1n) is 13.8. The minimum absolute atomic E-state index is 0.0281. The van der Waals surface area contributed by atoms with Gasteiger partial charge in [-0.3, -0.25) is 14.4 Å². The Labute approximate surface area is 255 Å². The zero-order valence-electron chi connectivity index (χ0n) is 23.8. The van der Waals surface area contributed by atoms with Crippen molar-refractivity contribution in [3.63, 3.8) is 0 Å². The van der Waals surface area contributed by atoms with Crippen LogP contribution in [0.2, 0.25) is 10.0 Å². The molecule has 1 amide bonds. The predicted molar refractivity (Wildman–Crippen MR) is 162 cm³/mol. The summed E-state index contributed by atoms with van der Waals surface area (Å²) in [5.41, 5.74) is 4.13. The third-order valence-electron chi connectivity index (χ3n) is 8.02. The molecule has 2 aliphatic rings. The molecule has 3 aromatic rings. The van der Waals surface area contributed by atoms with Crippen LogP contribution in [0.3, 0.4) is 0 Å². The third-order valence-corrected chi connectivity index (χ3v) is 8.77. The van der Waals surface area contributed by atoms with Crippen molar-refractivity contribution in [1.29, 1.82) is 0 Å². The van der Waals surface area contributed by atoms with Crippen LogP contribution in [0, 0.1) is 29.3 Å². The Morgan fingerprint density at radius 3 is 2.42 bits per heavy atom. The number of hydrogen-bond donors (Lipinski definition) is 1. The van der Waals surface area contributed by atoms with Gasteiger partial charge in [0.2, 0.25) is 5.91 Å². The number of piperazine rings is 1. The van der Waals surface area contributed by atoms with Crippen LogP contribution in [-0.2, 0) is 4.79 Å². The fraction of sp³-hybridized carbons (Fsp3) is 0.414. The molecule has 1 unspecified atom stereocenters. The Balaban J connectivity index is 1.80. The molecule has 228 valence electrons. The minimum Gasteiger partial charge on any atom is -0.395 e. The third kappa shape index (κ3) is 5.24. The van der Waals surface area contributed by atoms with E-state index in [0.29, 0.717) is 39.1 Å². The van der Waals surface area contributed by atoms with Crippen molar-refractivity contribution in [2.75, 3.05) is 43.4 Å². The molecule has 2 aliphatic heterocycles. The summed E-state index contributed by atoms with van der Waals surface area (Å²) in [5, 5.41) is -1.12. The highest BCUT2D eigenvalue weighted by atomic mass is 35.5. The van der Waals surface area contributed by atoms with Gasteiger partial charge in [-0.1, -0.05) is 50.6 Å². The van der Waals surface area contributed by atoms with Crippen LogP contribution in [-0.4, -0.2) is 63.8 Å². The summed E-state index contributed by atoms with van der Waals surface area (Å²) in [6.45, 7) is 11.3. The van der Waals surface area contributed by atoms with E-state index < -0.39 is 56.2 Å². The van der Waals surface area contributed by atoms with Crippen molar-refractivity contribution in [2.45, 2.75) is 33.2 Å². The molecule has 9 nitrogen and oxygen atoms in total. The second kappa shape index (κ2) is 11.8. The molecule has 1 aromatic carbocycles. The quantitative estimate of drug-likeness (QED) is 0.177. The lowest BCUT2D eigenvalue weighted by molar-refractivity contribution is -0.126. The summed E-state index contributed by atoms with van der Waals surface area (Å²) in [5.74, 6) is -4.08. The fourth-order valence-corrected chi connectivity index (χ4v) is 6.35. The van der Waals surface area contributed by atoms with Gasteiger partial charge in [-0.15, -0.1) is 0 Å². The number of carbonyl (C=O) groups is 1. The van der Waals surface area contributed by atoms with Crippen LogP contribution in [0.15, 0.2) is 28.5 Å². The number of carbonyl (C=O) groups excluding carboxylic acids is 1. The van der Waals surface area contributed by atoms with Crippen molar-refractivity contribution in [2.24, 2.45) is 16.8 Å². The molecule has 2 atom stereocenters. The van der Waals surface area contributed by atoms with E-state index in [1.807, 2.05) is 20.8 Å². The number of rotatable bonds is 5. The Hall–Kier alpha value is -3.64. The van der Waals surface area contributed by atoms with E-state index in [2.05, 4.69) is 16.5 Å². The van der Waals surface area contributed by atoms with Gasteiger partial charge in [0.25, 0.3) is 0 Å². The number of amides is 1. The van der Waals surface area contributed by atoms with Crippen molar-refractivity contribution in [3.8, 4) is 11.3 Å². The van der Waals surface area contributed by atoms with Gasteiger partial charge in [0, 0.05) is 44.0 Å². The maximum Gasteiger partial charge on any atom is 0.351 e. The molecule has 4 heterocycles. The van der Waals surface area contributed by atoms with E-state index >= 15 is 4.39 Å².